The Hall–Kier alpha value is -1.60. The van der Waals surface area contributed by atoms with Crippen molar-refractivity contribution in [2.45, 2.75) is 31.2 Å². The van der Waals surface area contributed by atoms with Crippen LogP contribution in [-0.2, 0) is 27.8 Å². The van der Waals surface area contributed by atoms with E-state index >= 15 is 0 Å². The average Bonchev–Trinajstić information content (AvgIpc) is 3.03. The number of amides is 1. The lowest BCUT2D eigenvalue weighted by Crippen LogP contribution is -2.27. The van der Waals surface area contributed by atoms with Gasteiger partial charge in [-0.2, -0.15) is 0 Å². The van der Waals surface area contributed by atoms with Crippen LogP contribution >= 0.6 is 23.2 Å². The molecule has 1 aliphatic heterocycles. The first-order chi connectivity index (χ1) is 12.3. The summed E-state index contributed by atoms with van der Waals surface area (Å²) in [5, 5.41) is 0.897. The largest absolute Gasteiger partial charge is 0.312 e. The second kappa shape index (κ2) is 7.56. The highest BCUT2D eigenvalue weighted by Gasteiger charge is 2.25. The molecule has 138 valence electrons. The van der Waals surface area contributed by atoms with Crippen LogP contribution in [0.15, 0.2) is 41.3 Å². The first-order valence-electron chi connectivity index (χ1n) is 8.18. The van der Waals surface area contributed by atoms with Gasteiger partial charge < -0.3 is 4.90 Å². The fourth-order valence-electron chi connectivity index (χ4n) is 2.92. The Labute approximate surface area is 163 Å². The maximum Gasteiger partial charge on any atom is 0.240 e. The third kappa shape index (κ3) is 3.88. The van der Waals surface area contributed by atoms with Gasteiger partial charge >= 0.3 is 0 Å². The first-order valence-corrected chi connectivity index (χ1v) is 10.4. The van der Waals surface area contributed by atoms with Gasteiger partial charge in [-0.25, -0.2) is 13.1 Å². The molecule has 1 amide bonds. The van der Waals surface area contributed by atoms with Gasteiger partial charge in [-0.15, -0.1) is 0 Å². The molecule has 8 heteroatoms. The number of nitrogens with one attached hydrogen (secondary N) is 1. The molecule has 2 aromatic carbocycles. The van der Waals surface area contributed by atoms with Crippen LogP contribution in [0.1, 0.15) is 24.5 Å². The quantitative estimate of drug-likeness (QED) is 0.812. The highest BCUT2D eigenvalue weighted by molar-refractivity contribution is 7.89. The van der Waals surface area contributed by atoms with E-state index < -0.39 is 10.0 Å². The zero-order valence-corrected chi connectivity index (χ0v) is 16.5. The molecule has 26 heavy (non-hydrogen) atoms. The third-order valence-electron chi connectivity index (χ3n) is 4.33. The number of carbonyl (C=O) groups is 1. The topological polar surface area (TPSA) is 66.5 Å². The number of benzene rings is 2. The second-order valence-electron chi connectivity index (χ2n) is 6.00. The second-order valence-corrected chi connectivity index (χ2v) is 8.61. The average molecular weight is 413 g/mol. The Morgan fingerprint density at radius 3 is 2.65 bits per heavy atom. The Kier molecular flexibility index (Phi) is 5.58. The minimum absolute atomic E-state index is 0.0369. The maximum atomic E-state index is 12.6. The van der Waals surface area contributed by atoms with Gasteiger partial charge in [-0.3, -0.25) is 4.79 Å². The molecular formula is C18H18Cl2N2O3S. The number of halogens is 2. The van der Waals surface area contributed by atoms with Crippen LogP contribution in [0.25, 0.3) is 0 Å². The van der Waals surface area contributed by atoms with Crippen molar-refractivity contribution < 1.29 is 13.2 Å². The maximum absolute atomic E-state index is 12.6. The molecular weight excluding hydrogens is 395 g/mol. The van der Waals surface area contributed by atoms with Gasteiger partial charge in [0.2, 0.25) is 15.9 Å². The van der Waals surface area contributed by atoms with Crippen molar-refractivity contribution in [3.8, 4) is 0 Å². The Bertz CT molecular complexity index is 961. The highest BCUT2D eigenvalue weighted by atomic mass is 35.5. The Morgan fingerprint density at radius 2 is 1.96 bits per heavy atom. The molecule has 0 radical (unpaired) electrons. The van der Waals surface area contributed by atoms with Gasteiger partial charge in [0.05, 0.1) is 4.90 Å². The molecule has 0 atom stereocenters. The molecule has 2 aromatic rings. The molecule has 0 unspecified atom stereocenters. The Balaban J connectivity index is 1.79. The monoisotopic (exact) mass is 412 g/mol. The van der Waals surface area contributed by atoms with Gasteiger partial charge in [0.25, 0.3) is 0 Å². The standard InChI is InChI=1S/C18H18Cl2N2O3S/c1-2-18(23)22-8-7-12-9-15(5-6-17(12)22)26(24,25)21-11-13-3-4-14(19)10-16(13)20/h3-6,9-10,21H,2,7-8,11H2,1H3. The number of anilines is 1. The molecule has 0 aliphatic carbocycles. The molecule has 5 nitrogen and oxygen atoms in total. The van der Waals surface area contributed by atoms with Crippen LogP contribution in [0.5, 0.6) is 0 Å². The number of nitrogens with zero attached hydrogens (tertiary/aromatic N) is 1. The van der Waals surface area contributed by atoms with Crippen molar-refractivity contribution >= 4 is 44.8 Å². The molecule has 0 saturated heterocycles. The van der Waals surface area contributed by atoms with E-state index in [1.54, 1.807) is 35.2 Å². The lowest BCUT2D eigenvalue weighted by Gasteiger charge is -2.16. The number of hydrogen-bond donors (Lipinski definition) is 1. The lowest BCUT2D eigenvalue weighted by atomic mass is 10.2. The van der Waals surface area contributed by atoms with E-state index in [0.29, 0.717) is 35.0 Å². The summed E-state index contributed by atoms with van der Waals surface area (Å²) in [6, 6.07) is 9.76. The number of carbonyl (C=O) groups excluding carboxylic acids is 1. The van der Waals surface area contributed by atoms with E-state index in [1.165, 1.54) is 6.07 Å². The van der Waals surface area contributed by atoms with Crippen LogP contribution in [0, 0.1) is 0 Å². The fraction of sp³-hybridized carbons (Fsp3) is 0.278. The van der Waals surface area contributed by atoms with Crippen LogP contribution in [0.2, 0.25) is 10.0 Å². The number of rotatable bonds is 5. The van der Waals surface area contributed by atoms with E-state index in [0.717, 1.165) is 11.3 Å². The smallest absolute Gasteiger partial charge is 0.240 e. The van der Waals surface area contributed by atoms with Crippen LogP contribution in [-0.4, -0.2) is 20.9 Å². The summed E-state index contributed by atoms with van der Waals surface area (Å²) >= 11 is 11.9. The SMILES string of the molecule is CCC(=O)N1CCc2cc(S(=O)(=O)NCc3ccc(Cl)cc3Cl)ccc21. The molecule has 0 bridgehead atoms. The molecule has 0 fully saturated rings. The van der Waals surface area contributed by atoms with E-state index in [4.69, 9.17) is 23.2 Å². The van der Waals surface area contributed by atoms with Gasteiger partial charge in [0.15, 0.2) is 0 Å². The normalized spacial score (nSPS) is 13.7. The van der Waals surface area contributed by atoms with E-state index in [-0.39, 0.29) is 17.3 Å². The van der Waals surface area contributed by atoms with E-state index in [1.807, 2.05) is 6.92 Å². The first kappa shape index (κ1) is 19.2. The summed E-state index contributed by atoms with van der Waals surface area (Å²) in [6.07, 6.45) is 1.07. The predicted molar refractivity (Wildman–Crippen MR) is 103 cm³/mol. The molecule has 0 aromatic heterocycles. The number of sulfonamides is 1. The zero-order valence-electron chi connectivity index (χ0n) is 14.1. The van der Waals surface area contributed by atoms with Crippen LogP contribution in [0.4, 0.5) is 5.69 Å². The van der Waals surface area contributed by atoms with Crippen molar-refractivity contribution in [1.29, 1.82) is 0 Å². The van der Waals surface area contributed by atoms with Crippen molar-refractivity contribution in [3.05, 3.63) is 57.6 Å². The summed E-state index contributed by atoms with van der Waals surface area (Å²) in [5.41, 5.74) is 2.29. The van der Waals surface area contributed by atoms with Crippen LogP contribution < -0.4 is 9.62 Å². The van der Waals surface area contributed by atoms with E-state index in [9.17, 15) is 13.2 Å². The van der Waals surface area contributed by atoms with Gasteiger partial charge in [0.1, 0.15) is 0 Å². The summed E-state index contributed by atoms with van der Waals surface area (Å²) in [6.45, 7) is 2.46. The molecule has 1 aliphatic rings. The van der Waals surface area contributed by atoms with Gasteiger partial charge in [-0.1, -0.05) is 36.2 Å². The van der Waals surface area contributed by atoms with E-state index in [2.05, 4.69) is 4.72 Å². The highest BCUT2D eigenvalue weighted by Crippen LogP contribution is 2.30. The fourth-order valence-corrected chi connectivity index (χ4v) is 4.45. The Morgan fingerprint density at radius 1 is 1.19 bits per heavy atom. The van der Waals surface area contributed by atoms with Crippen LogP contribution in [0.3, 0.4) is 0 Å². The molecule has 3 rings (SSSR count). The number of fused-ring (bicyclic) bond motifs is 1. The minimum atomic E-state index is -3.70. The van der Waals surface area contributed by atoms with Crippen molar-refractivity contribution in [2.24, 2.45) is 0 Å². The molecule has 1 heterocycles. The lowest BCUT2D eigenvalue weighted by molar-refractivity contribution is -0.118. The van der Waals surface area contributed by atoms with Crippen molar-refractivity contribution in [1.82, 2.24) is 4.72 Å². The molecule has 1 N–H and O–H groups in total. The van der Waals surface area contributed by atoms with Crippen molar-refractivity contribution in [3.63, 3.8) is 0 Å². The van der Waals surface area contributed by atoms with Gasteiger partial charge in [0, 0.05) is 35.2 Å². The summed E-state index contributed by atoms with van der Waals surface area (Å²) < 4.78 is 27.7. The third-order valence-corrected chi connectivity index (χ3v) is 6.31. The summed E-state index contributed by atoms with van der Waals surface area (Å²) in [5.74, 6) is 0.0369. The molecule has 0 saturated carbocycles. The number of hydrogen-bond acceptors (Lipinski definition) is 3. The van der Waals surface area contributed by atoms with Crippen molar-refractivity contribution in [2.75, 3.05) is 11.4 Å². The predicted octanol–water partition coefficient (Wildman–Crippen LogP) is 3.77. The summed E-state index contributed by atoms with van der Waals surface area (Å²) in [4.78, 5) is 13.8. The minimum Gasteiger partial charge on any atom is -0.312 e. The van der Waals surface area contributed by atoms with Gasteiger partial charge in [-0.05, 0) is 47.9 Å². The molecule has 0 spiro atoms. The summed E-state index contributed by atoms with van der Waals surface area (Å²) in [7, 11) is -3.70. The zero-order chi connectivity index (χ0) is 18.9.